The van der Waals surface area contributed by atoms with Crippen LogP contribution in [0.25, 0.3) is 11.1 Å². The lowest BCUT2D eigenvalue weighted by Gasteiger charge is -2.19. The summed E-state index contributed by atoms with van der Waals surface area (Å²) in [5.74, 6) is -1.85. The maximum Gasteiger partial charge on any atom is 0.270 e. The number of ether oxygens (including phenoxy) is 1. The minimum Gasteiger partial charge on any atom is -0.492 e. The molecule has 0 bridgehead atoms. The first-order valence-electron chi connectivity index (χ1n) is 10.8. The highest BCUT2D eigenvalue weighted by Crippen LogP contribution is 2.38. The largest absolute Gasteiger partial charge is 0.492 e. The van der Waals surface area contributed by atoms with Gasteiger partial charge in [-0.1, -0.05) is 24.3 Å². The fraction of sp³-hybridized carbons (Fsp3) is 0.200. The lowest BCUT2D eigenvalue weighted by molar-refractivity contribution is -0.116. The molecule has 182 valence electrons. The van der Waals surface area contributed by atoms with Crippen LogP contribution in [0.2, 0.25) is 0 Å². The molecule has 0 radical (unpaired) electrons. The molecule has 8 nitrogen and oxygen atoms in total. The Labute approximate surface area is 202 Å². The average Bonchev–Trinajstić information content (AvgIpc) is 3.14. The number of carbonyl (C=O) groups excluding carboxylic acids is 2. The number of sulfonamides is 1. The third kappa shape index (κ3) is 4.75. The van der Waals surface area contributed by atoms with Crippen LogP contribution in [0.4, 0.5) is 10.1 Å². The van der Waals surface area contributed by atoms with Crippen molar-refractivity contribution < 1.29 is 27.1 Å². The standard InChI is InChI=1S/C25H24FN3O5S/c1-28(2)12-13-34-18-8-10-19(11-9-18)35(32,33)29-22-14-16(6-7-17(22)15-23(29)30)20-4-3-5-21(26)24(20)25(27)31/h3-11,14H,12-13,15H2,1-2H3,(H2,27,31). The summed E-state index contributed by atoms with van der Waals surface area (Å²) in [6.45, 7) is 1.14. The Morgan fingerprint density at radius 2 is 1.83 bits per heavy atom. The number of fused-ring (bicyclic) bond motifs is 1. The van der Waals surface area contributed by atoms with Crippen LogP contribution in [0.1, 0.15) is 15.9 Å². The molecule has 3 aromatic carbocycles. The molecule has 0 atom stereocenters. The van der Waals surface area contributed by atoms with Crippen molar-refractivity contribution in [3.63, 3.8) is 0 Å². The van der Waals surface area contributed by atoms with Crippen LogP contribution in [0.3, 0.4) is 0 Å². The molecule has 10 heteroatoms. The van der Waals surface area contributed by atoms with Crippen LogP contribution in [-0.2, 0) is 21.2 Å². The Kier molecular flexibility index (Phi) is 6.60. The molecule has 1 aliphatic heterocycles. The first kappa shape index (κ1) is 24.4. The topological polar surface area (TPSA) is 110 Å². The smallest absolute Gasteiger partial charge is 0.270 e. The van der Waals surface area contributed by atoms with Crippen LogP contribution in [0.5, 0.6) is 5.75 Å². The van der Waals surface area contributed by atoms with E-state index in [9.17, 15) is 22.4 Å². The van der Waals surface area contributed by atoms with Crippen molar-refractivity contribution in [3.05, 3.63) is 77.6 Å². The Balaban J connectivity index is 1.69. The number of benzene rings is 3. The van der Waals surface area contributed by atoms with Gasteiger partial charge in [0.15, 0.2) is 0 Å². The van der Waals surface area contributed by atoms with E-state index in [1.54, 1.807) is 12.1 Å². The minimum absolute atomic E-state index is 0.0763. The first-order chi connectivity index (χ1) is 16.6. The molecule has 0 spiro atoms. The normalized spacial score (nSPS) is 13.3. The van der Waals surface area contributed by atoms with E-state index in [0.717, 1.165) is 10.4 Å². The van der Waals surface area contributed by atoms with Crippen LogP contribution >= 0.6 is 0 Å². The number of hydrogen-bond acceptors (Lipinski definition) is 6. The Morgan fingerprint density at radius 1 is 1.11 bits per heavy atom. The lowest BCUT2D eigenvalue weighted by atomic mass is 9.97. The van der Waals surface area contributed by atoms with Gasteiger partial charge in [-0.05, 0) is 67.2 Å². The summed E-state index contributed by atoms with van der Waals surface area (Å²) in [5.41, 5.74) is 6.27. The van der Waals surface area contributed by atoms with Crippen molar-refractivity contribution in [2.45, 2.75) is 11.3 Å². The van der Waals surface area contributed by atoms with E-state index in [-0.39, 0.29) is 28.1 Å². The lowest BCUT2D eigenvalue weighted by Crippen LogP contribution is -2.33. The Hall–Kier alpha value is -3.76. The molecule has 0 saturated heterocycles. The number of carbonyl (C=O) groups is 2. The number of anilines is 1. The fourth-order valence-corrected chi connectivity index (χ4v) is 5.33. The number of nitrogens with zero attached hydrogens (tertiary/aromatic N) is 2. The molecule has 1 heterocycles. The molecule has 4 rings (SSSR count). The number of primary amides is 1. The van der Waals surface area contributed by atoms with Crippen molar-refractivity contribution >= 4 is 27.5 Å². The molecule has 1 aliphatic rings. The maximum absolute atomic E-state index is 14.3. The molecule has 0 aromatic heterocycles. The fourth-order valence-electron chi connectivity index (χ4n) is 3.88. The van der Waals surface area contributed by atoms with E-state index < -0.39 is 27.7 Å². The molecule has 0 saturated carbocycles. The molecule has 0 unspecified atom stereocenters. The third-order valence-electron chi connectivity index (χ3n) is 5.61. The molecule has 3 aromatic rings. The summed E-state index contributed by atoms with van der Waals surface area (Å²) in [6.07, 6.45) is -0.105. The van der Waals surface area contributed by atoms with E-state index in [1.807, 2.05) is 19.0 Å². The highest BCUT2D eigenvalue weighted by Gasteiger charge is 2.38. The zero-order valence-electron chi connectivity index (χ0n) is 19.2. The van der Waals surface area contributed by atoms with Crippen molar-refractivity contribution in [2.75, 3.05) is 31.6 Å². The summed E-state index contributed by atoms with van der Waals surface area (Å²) < 4.78 is 47.5. The second-order valence-electron chi connectivity index (χ2n) is 8.33. The number of rotatable bonds is 8. The Bertz CT molecular complexity index is 1410. The SMILES string of the molecule is CN(C)CCOc1ccc(S(=O)(=O)N2C(=O)Cc3ccc(-c4cccc(F)c4C(N)=O)cc32)cc1. The van der Waals surface area contributed by atoms with E-state index in [1.165, 1.54) is 42.5 Å². The highest BCUT2D eigenvalue weighted by atomic mass is 32.2. The van der Waals surface area contributed by atoms with Gasteiger partial charge in [-0.3, -0.25) is 9.59 Å². The van der Waals surface area contributed by atoms with Crippen molar-refractivity contribution in [3.8, 4) is 16.9 Å². The molecule has 35 heavy (non-hydrogen) atoms. The molecule has 2 N–H and O–H groups in total. The van der Waals surface area contributed by atoms with Gasteiger partial charge in [-0.25, -0.2) is 17.1 Å². The van der Waals surface area contributed by atoms with Gasteiger partial charge in [0, 0.05) is 6.54 Å². The highest BCUT2D eigenvalue weighted by molar-refractivity contribution is 7.93. The number of amides is 2. The number of halogens is 1. The van der Waals surface area contributed by atoms with Gasteiger partial charge in [-0.15, -0.1) is 0 Å². The van der Waals surface area contributed by atoms with E-state index >= 15 is 0 Å². The maximum atomic E-state index is 14.3. The third-order valence-corrected chi connectivity index (χ3v) is 7.36. The van der Waals surface area contributed by atoms with Gasteiger partial charge in [-0.2, -0.15) is 0 Å². The number of nitrogens with two attached hydrogens (primary N) is 1. The zero-order valence-corrected chi connectivity index (χ0v) is 20.0. The molecular formula is C25H24FN3O5S. The quantitative estimate of drug-likeness (QED) is 0.513. The van der Waals surface area contributed by atoms with Crippen molar-refractivity contribution in [2.24, 2.45) is 5.73 Å². The van der Waals surface area contributed by atoms with E-state index in [0.29, 0.717) is 30.0 Å². The van der Waals surface area contributed by atoms with Crippen molar-refractivity contribution in [1.29, 1.82) is 0 Å². The number of likely N-dealkylation sites (N-methyl/N-ethyl adjacent to an activating group) is 1. The molecule has 0 fully saturated rings. The van der Waals surface area contributed by atoms with Crippen molar-refractivity contribution in [1.82, 2.24) is 4.90 Å². The van der Waals surface area contributed by atoms with E-state index in [4.69, 9.17) is 10.5 Å². The molecular weight excluding hydrogens is 473 g/mol. The second kappa shape index (κ2) is 9.47. The van der Waals surface area contributed by atoms with Gasteiger partial charge in [0.25, 0.3) is 15.9 Å². The predicted molar refractivity (Wildman–Crippen MR) is 129 cm³/mol. The predicted octanol–water partition coefficient (Wildman–Crippen LogP) is 2.81. The summed E-state index contributed by atoms with van der Waals surface area (Å²) >= 11 is 0. The zero-order chi connectivity index (χ0) is 25.3. The average molecular weight is 498 g/mol. The van der Waals surface area contributed by atoms with Crippen LogP contribution < -0.4 is 14.8 Å². The first-order valence-corrected chi connectivity index (χ1v) is 12.2. The summed E-state index contributed by atoms with van der Waals surface area (Å²) in [7, 11) is -0.401. The number of hydrogen-bond donors (Lipinski definition) is 1. The van der Waals surface area contributed by atoms with Gasteiger partial charge < -0.3 is 15.4 Å². The summed E-state index contributed by atoms with van der Waals surface area (Å²) in [6, 6.07) is 14.5. The van der Waals surface area contributed by atoms with Gasteiger partial charge in [0.1, 0.15) is 18.2 Å². The Morgan fingerprint density at radius 3 is 2.49 bits per heavy atom. The summed E-state index contributed by atoms with van der Waals surface area (Å²) in [5, 5.41) is 0. The second-order valence-corrected chi connectivity index (χ2v) is 10.1. The molecule has 0 aliphatic carbocycles. The van der Waals surface area contributed by atoms with Crippen LogP contribution in [0, 0.1) is 5.82 Å². The van der Waals surface area contributed by atoms with Crippen LogP contribution in [0.15, 0.2) is 65.6 Å². The summed E-state index contributed by atoms with van der Waals surface area (Å²) in [4.78, 5) is 26.5. The van der Waals surface area contributed by atoms with E-state index in [2.05, 4.69) is 0 Å². The van der Waals surface area contributed by atoms with Gasteiger partial charge >= 0.3 is 0 Å². The minimum atomic E-state index is -4.23. The van der Waals surface area contributed by atoms with Crippen LogP contribution in [-0.4, -0.2) is 52.4 Å². The molecule has 2 amide bonds. The van der Waals surface area contributed by atoms with Gasteiger partial charge in [0.05, 0.1) is 22.6 Å². The van der Waals surface area contributed by atoms with Gasteiger partial charge in [0.2, 0.25) is 5.91 Å². The monoisotopic (exact) mass is 497 g/mol.